The standard InChI is InChI=1S/C22H30N6O6/c1-14-17(25-7-9-26(10-8-25)21(32)34-22(2,3)4)19(31)28-20(27(14)13-16(29)30)23-18(24-28)15-5-11-33-12-6-15/h5H,6-13H2,1-4H3,(H,29,30). The zero-order chi connectivity index (χ0) is 24.6. The Morgan fingerprint density at radius 1 is 1.21 bits per heavy atom. The van der Waals surface area contributed by atoms with Gasteiger partial charge in [0.2, 0.25) is 5.78 Å². The number of nitrogens with zero attached hydrogens (tertiary/aromatic N) is 6. The fourth-order valence-corrected chi connectivity index (χ4v) is 4.14. The number of carboxylic acid groups (broad SMARTS) is 1. The molecule has 1 N–H and O–H groups in total. The first-order chi connectivity index (χ1) is 16.0. The maximum atomic E-state index is 13.5. The molecular weight excluding hydrogens is 444 g/mol. The summed E-state index contributed by atoms with van der Waals surface area (Å²) >= 11 is 0. The lowest BCUT2D eigenvalue weighted by Crippen LogP contribution is -2.51. The molecule has 4 heterocycles. The van der Waals surface area contributed by atoms with E-state index < -0.39 is 17.7 Å². The van der Waals surface area contributed by atoms with Gasteiger partial charge >= 0.3 is 12.1 Å². The van der Waals surface area contributed by atoms with Crippen molar-refractivity contribution in [3.63, 3.8) is 0 Å². The van der Waals surface area contributed by atoms with E-state index in [1.807, 2.05) is 31.7 Å². The quantitative estimate of drug-likeness (QED) is 0.693. The number of carbonyl (C=O) groups is 2. The number of amides is 1. The Morgan fingerprint density at radius 2 is 1.91 bits per heavy atom. The number of ether oxygens (including phenoxy) is 2. The van der Waals surface area contributed by atoms with E-state index in [0.717, 1.165) is 5.57 Å². The smallest absolute Gasteiger partial charge is 0.410 e. The molecule has 2 aromatic rings. The van der Waals surface area contributed by atoms with Crippen LogP contribution >= 0.6 is 0 Å². The van der Waals surface area contributed by atoms with E-state index in [2.05, 4.69) is 10.1 Å². The molecule has 0 radical (unpaired) electrons. The number of rotatable bonds is 4. The number of hydrogen-bond donors (Lipinski definition) is 1. The van der Waals surface area contributed by atoms with Gasteiger partial charge in [-0.05, 0) is 39.7 Å². The molecule has 0 aliphatic carbocycles. The highest BCUT2D eigenvalue weighted by molar-refractivity contribution is 5.70. The molecule has 12 heteroatoms. The summed E-state index contributed by atoms with van der Waals surface area (Å²) in [4.78, 5) is 45.5. The first-order valence-corrected chi connectivity index (χ1v) is 11.3. The predicted molar refractivity (Wildman–Crippen MR) is 123 cm³/mol. The van der Waals surface area contributed by atoms with E-state index in [0.29, 0.717) is 63.0 Å². The van der Waals surface area contributed by atoms with E-state index in [1.54, 1.807) is 11.8 Å². The number of piperazine rings is 1. The highest BCUT2D eigenvalue weighted by Crippen LogP contribution is 2.23. The number of aliphatic carboxylic acids is 1. The minimum Gasteiger partial charge on any atom is -0.480 e. The molecule has 0 atom stereocenters. The summed E-state index contributed by atoms with van der Waals surface area (Å²) in [5.74, 6) is -0.474. The van der Waals surface area contributed by atoms with Crippen molar-refractivity contribution < 1.29 is 24.2 Å². The number of aromatic nitrogens is 4. The Labute approximate surface area is 196 Å². The van der Waals surface area contributed by atoms with Crippen LogP contribution in [0.1, 0.15) is 38.7 Å². The number of hydrogen-bond acceptors (Lipinski definition) is 8. The molecule has 34 heavy (non-hydrogen) atoms. The Morgan fingerprint density at radius 3 is 2.50 bits per heavy atom. The molecule has 4 rings (SSSR count). The molecule has 2 aromatic heterocycles. The zero-order valence-corrected chi connectivity index (χ0v) is 19.9. The molecule has 2 aliphatic rings. The van der Waals surface area contributed by atoms with Crippen LogP contribution in [0.15, 0.2) is 10.9 Å². The van der Waals surface area contributed by atoms with Crippen LogP contribution in [0.25, 0.3) is 11.4 Å². The van der Waals surface area contributed by atoms with Gasteiger partial charge in [0.05, 0.1) is 13.2 Å². The Balaban J connectivity index is 1.69. The summed E-state index contributed by atoms with van der Waals surface area (Å²) in [6, 6.07) is 0. The lowest BCUT2D eigenvalue weighted by Gasteiger charge is -2.37. The zero-order valence-electron chi connectivity index (χ0n) is 19.9. The first-order valence-electron chi connectivity index (χ1n) is 11.3. The van der Waals surface area contributed by atoms with Crippen molar-refractivity contribution in [2.75, 3.05) is 44.3 Å². The molecule has 0 bridgehead atoms. The molecule has 12 nitrogen and oxygen atoms in total. The third-order valence-electron chi connectivity index (χ3n) is 5.77. The van der Waals surface area contributed by atoms with Gasteiger partial charge in [-0.1, -0.05) is 6.08 Å². The summed E-state index contributed by atoms with van der Waals surface area (Å²) in [5, 5.41) is 13.9. The molecule has 1 saturated heterocycles. The summed E-state index contributed by atoms with van der Waals surface area (Å²) in [5.41, 5.74) is 0.749. The monoisotopic (exact) mass is 474 g/mol. The summed E-state index contributed by atoms with van der Waals surface area (Å²) in [6.45, 7) is 9.32. The predicted octanol–water partition coefficient (Wildman–Crippen LogP) is 1.14. The van der Waals surface area contributed by atoms with Crippen molar-refractivity contribution in [3.8, 4) is 0 Å². The Bertz CT molecular complexity index is 1200. The molecule has 0 spiro atoms. The Kier molecular flexibility index (Phi) is 6.34. The average molecular weight is 475 g/mol. The second-order valence-corrected chi connectivity index (χ2v) is 9.37. The summed E-state index contributed by atoms with van der Waals surface area (Å²) < 4.78 is 13.5. The van der Waals surface area contributed by atoms with E-state index in [1.165, 1.54) is 9.08 Å². The van der Waals surface area contributed by atoms with Gasteiger partial charge in [0.25, 0.3) is 5.56 Å². The largest absolute Gasteiger partial charge is 0.480 e. The van der Waals surface area contributed by atoms with Crippen molar-refractivity contribution in [2.45, 2.75) is 46.3 Å². The lowest BCUT2D eigenvalue weighted by molar-refractivity contribution is -0.137. The topological polar surface area (TPSA) is 132 Å². The van der Waals surface area contributed by atoms with Crippen molar-refractivity contribution >= 4 is 29.1 Å². The van der Waals surface area contributed by atoms with Crippen molar-refractivity contribution in [3.05, 3.63) is 27.9 Å². The van der Waals surface area contributed by atoms with Crippen LogP contribution in [0, 0.1) is 6.92 Å². The van der Waals surface area contributed by atoms with E-state index >= 15 is 0 Å². The van der Waals surface area contributed by atoms with Gasteiger partial charge in [0, 0.05) is 31.9 Å². The maximum absolute atomic E-state index is 13.5. The van der Waals surface area contributed by atoms with Crippen LogP contribution in [0.4, 0.5) is 10.5 Å². The van der Waals surface area contributed by atoms with Crippen LogP contribution in [0.3, 0.4) is 0 Å². The van der Waals surface area contributed by atoms with Gasteiger partial charge in [-0.2, -0.15) is 9.50 Å². The normalized spacial score (nSPS) is 17.1. The molecule has 184 valence electrons. The van der Waals surface area contributed by atoms with Gasteiger partial charge in [-0.3, -0.25) is 9.59 Å². The average Bonchev–Trinajstić information content (AvgIpc) is 3.22. The van der Waals surface area contributed by atoms with Gasteiger partial charge in [0.15, 0.2) is 5.82 Å². The fourth-order valence-electron chi connectivity index (χ4n) is 4.14. The molecule has 0 aromatic carbocycles. The van der Waals surface area contributed by atoms with Crippen molar-refractivity contribution in [2.24, 2.45) is 0 Å². The van der Waals surface area contributed by atoms with E-state index in [-0.39, 0.29) is 17.9 Å². The van der Waals surface area contributed by atoms with E-state index in [4.69, 9.17) is 9.47 Å². The highest BCUT2D eigenvalue weighted by atomic mass is 16.6. The van der Waals surface area contributed by atoms with E-state index in [9.17, 15) is 19.5 Å². The van der Waals surface area contributed by atoms with Crippen LogP contribution < -0.4 is 10.5 Å². The van der Waals surface area contributed by atoms with Gasteiger partial charge in [-0.15, -0.1) is 5.10 Å². The second kappa shape index (κ2) is 9.09. The molecule has 1 fully saturated rings. The molecular formula is C22H30N6O6. The van der Waals surface area contributed by atoms with Crippen molar-refractivity contribution in [1.82, 2.24) is 24.1 Å². The SMILES string of the molecule is Cc1c(N2CCN(C(=O)OC(C)(C)C)CC2)c(=O)n2nc(C3=CCOCC3)nc2n1CC(=O)O. The third kappa shape index (κ3) is 4.76. The Hall–Kier alpha value is -3.41. The molecule has 1 amide bonds. The van der Waals surface area contributed by atoms with Gasteiger partial charge in [0.1, 0.15) is 17.8 Å². The maximum Gasteiger partial charge on any atom is 0.410 e. The number of carboxylic acids is 1. The van der Waals surface area contributed by atoms with Crippen LogP contribution in [-0.2, 0) is 20.8 Å². The van der Waals surface area contributed by atoms with Crippen LogP contribution in [-0.4, -0.2) is 86.2 Å². The minimum atomic E-state index is -1.05. The number of anilines is 1. The number of fused-ring (bicyclic) bond motifs is 1. The summed E-state index contributed by atoms with van der Waals surface area (Å²) in [6.07, 6.45) is 2.09. The van der Waals surface area contributed by atoms with Crippen molar-refractivity contribution in [1.29, 1.82) is 0 Å². The fraction of sp³-hybridized carbons (Fsp3) is 0.591. The molecule has 0 unspecified atom stereocenters. The number of carbonyl (C=O) groups excluding carboxylic acids is 1. The molecule has 0 saturated carbocycles. The van der Waals surface area contributed by atoms with Gasteiger partial charge in [-0.25, -0.2) is 4.79 Å². The van der Waals surface area contributed by atoms with Crippen LogP contribution in [0.5, 0.6) is 0 Å². The first kappa shape index (κ1) is 23.7. The highest BCUT2D eigenvalue weighted by Gasteiger charge is 2.29. The van der Waals surface area contributed by atoms with Gasteiger partial charge < -0.3 is 28.9 Å². The molecule has 2 aliphatic heterocycles. The minimum absolute atomic E-state index is 0.184. The second-order valence-electron chi connectivity index (χ2n) is 9.37. The summed E-state index contributed by atoms with van der Waals surface area (Å²) in [7, 11) is 0. The lowest BCUT2D eigenvalue weighted by atomic mass is 10.1. The third-order valence-corrected chi connectivity index (χ3v) is 5.77. The van der Waals surface area contributed by atoms with Crippen LogP contribution in [0.2, 0.25) is 0 Å².